The van der Waals surface area contributed by atoms with E-state index in [1.807, 2.05) is 91.0 Å². The fourth-order valence-electron chi connectivity index (χ4n) is 7.46. The number of hydrogen-bond donors (Lipinski definition) is 1. The summed E-state index contributed by atoms with van der Waals surface area (Å²) in [5, 5.41) is 15.7. The number of azide groups is 1. The smallest absolute Gasteiger partial charge is 0.338 e. The summed E-state index contributed by atoms with van der Waals surface area (Å²) in [6.07, 6.45) is -12.1. The first-order chi connectivity index (χ1) is 31.8. The molecule has 2 fully saturated rings. The van der Waals surface area contributed by atoms with Crippen LogP contribution in [0.5, 0.6) is 0 Å². The fraction of sp³-hybridized carbons (Fsp3) is 0.327. The van der Waals surface area contributed by atoms with E-state index < -0.39 is 85.9 Å². The van der Waals surface area contributed by atoms with Crippen LogP contribution in [0.1, 0.15) is 44.3 Å². The van der Waals surface area contributed by atoms with Gasteiger partial charge in [0.2, 0.25) is 0 Å². The molecule has 1 N–H and O–H groups in total. The van der Waals surface area contributed by atoms with E-state index in [1.165, 1.54) is 6.92 Å². The van der Waals surface area contributed by atoms with Gasteiger partial charge in [-0.25, -0.2) is 9.59 Å². The van der Waals surface area contributed by atoms with Crippen LogP contribution in [-0.2, 0) is 67.2 Å². The summed E-state index contributed by atoms with van der Waals surface area (Å²) in [7, 11) is 0. The van der Waals surface area contributed by atoms with Gasteiger partial charge in [-0.3, -0.25) is 4.79 Å². The van der Waals surface area contributed by atoms with Crippen molar-refractivity contribution in [1.29, 1.82) is 0 Å². The Balaban J connectivity index is 1.28. The molecule has 0 aliphatic carbocycles. The van der Waals surface area contributed by atoms with E-state index in [4.69, 9.17) is 42.6 Å². The highest BCUT2D eigenvalue weighted by Crippen LogP contribution is 2.36. The van der Waals surface area contributed by atoms with Crippen molar-refractivity contribution < 1.29 is 62.1 Å². The van der Waals surface area contributed by atoms with Crippen LogP contribution >= 0.6 is 0 Å². The second-order valence-corrected chi connectivity index (χ2v) is 15.2. The number of nitrogens with zero attached hydrogens (tertiary/aromatic N) is 3. The third-order valence-electron chi connectivity index (χ3n) is 10.6. The van der Waals surface area contributed by atoms with Crippen LogP contribution in [0.4, 0.5) is 0 Å². The lowest BCUT2D eigenvalue weighted by Crippen LogP contribution is -2.65. The molecule has 0 saturated carbocycles. The quantitative estimate of drug-likeness (QED) is 0.0295. The van der Waals surface area contributed by atoms with Gasteiger partial charge in [-0.15, -0.1) is 0 Å². The van der Waals surface area contributed by atoms with Gasteiger partial charge >= 0.3 is 17.9 Å². The Kier molecular flexibility index (Phi) is 16.8. The Bertz CT molecular complexity index is 2310. The number of hydrogen-bond acceptors (Lipinski definition) is 14. The molecule has 0 radical (unpaired) electrons. The summed E-state index contributed by atoms with van der Waals surface area (Å²) in [5.74, 6) is -2.09. The lowest BCUT2D eigenvalue weighted by molar-refractivity contribution is -0.348. The summed E-state index contributed by atoms with van der Waals surface area (Å²) in [5.41, 5.74) is 12.9. The normalized spacial score (nSPS) is 25.1. The van der Waals surface area contributed by atoms with Crippen LogP contribution in [0.15, 0.2) is 157 Å². The number of aliphatic hydroxyl groups is 1. The molecule has 10 atom stereocenters. The molecular formula is C49H49N3O13. The van der Waals surface area contributed by atoms with Gasteiger partial charge in [0, 0.05) is 11.8 Å². The van der Waals surface area contributed by atoms with Gasteiger partial charge in [0.1, 0.15) is 55.9 Å². The third-order valence-corrected chi connectivity index (χ3v) is 10.6. The van der Waals surface area contributed by atoms with Gasteiger partial charge in [-0.05, 0) is 46.5 Å². The van der Waals surface area contributed by atoms with Crippen LogP contribution in [0.25, 0.3) is 10.4 Å². The highest BCUT2D eigenvalue weighted by molar-refractivity contribution is 5.89. The van der Waals surface area contributed by atoms with E-state index in [2.05, 4.69) is 10.0 Å². The Morgan fingerprint density at radius 3 is 1.52 bits per heavy atom. The SMILES string of the molecule is CC(=O)OC[C@@H]1O[C@H](O)[C@H](OC(=O)c2ccccc2)[C@@H](OCc2ccccc2)[C@@H]1O[C@H]1O[C@H](COC(=O)c2ccccc2)[C@@H](OCc2ccccc2)[C@H](OCc2ccccc2)[C@H]1N=[N+]=[N-]. The van der Waals surface area contributed by atoms with E-state index in [9.17, 15) is 25.0 Å². The standard InChI is InChI=1S/C49H49N3O13/c1-32(53)57-30-39-42(44(60-29-35-21-11-4-12-22-35)45(48(56)62-39)64-47(55)37-25-15-6-16-26-37)65-49-40(51-52-50)43(59-28-34-19-9-3-10-20-34)41(58-27-33-17-7-2-8-18-33)38(63-49)31-61-46(54)36-23-13-5-14-24-36/h2-26,38-45,48-49,56H,27-31H2,1H3/t38-,39+,40-,41-,42-,43-,44+,45-,48+,49-/m1/s1. The average molecular weight is 888 g/mol. The largest absolute Gasteiger partial charge is 0.463 e. The Morgan fingerprint density at radius 1 is 0.569 bits per heavy atom. The van der Waals surface area contributed by atoms with Gasteiger partial charge in [-0.2, -0.15) is 0 Å². The molecule has 16 heteroatoms. The van der Waals surface area contributed by atoms with Crippen molar-refractivity contribution in [2.75, 3.05) is 13.2 Å². The van der Waals surface area contributed by atoms with Crippen molar-refractivity contribution in [2.45, 2.75) is 88.1 Å². The molecule has 5 aromatic carbocycles. The van der Waals surface area contributed by atoms with Crippen molar-refractivity contribution in [1.82, 2.24) is 0 Å². The van der Waals surface area contributed by atoms with Crippen molar-refractivity contribution in [3.8, 4) is 0 Å². The highest BCUT2D eigenvalue weighted by atomic mass is 16.7. The van der Waals surface area contributed by atoms with Gasteiger partial charge in [-0.1, -0.05) is 133 Å². The molecule has 0 unspecified atom stereocenters. The first-order valence-corrected chi connectivity index (χ1v) is 21.0. The third kappa shape index (κ3) is 12.8. The maximum absolute atomic E-state index is 13.6. The predicted molar refractivity (Wildman–Crippen MR) is 231 cm³/mol. The summed E-state index contributed by atoms with van der Waals surface area (Å²) in [4.78, 5) is 42.4. The number of ether oxygens (including phenoxy) is 9. The zero-order valence-corrected chi connectivity index (χ0v) is 35.4. The number of rotatable bonds is 19. The molecule has 0 spiro atoms. The molecule has 7 rings (SSSR count). The molecule has 2 aliphatic heterocycles. The maximum atomic E-state index is 13.6. The minimum atomic E-state index is -1.80. The first-order valence-electron chi connectivity index (χ1n) is 21.0. The summed E-state index contributed by atoms with van der Waals surface area (Å²) in [6.45, 7) is 0.431. The zero-order chi connectivity index (χ0) is 45.4. The topological polar surface area (TPSA) is 203 Å². The molecule has 16 nitrogen and oxygen atoms in total. The molecule has 65 heavy (non-hydrogen) atoms. The van der Waals surface area contributed by atoms with Crippen LogP contribution in [0.3, 0.4) is 0 Å². The van der Waals surface area contributed by atoms with Crippen LogP contribution in [0, 0.1) is 0 Å². The number of esters is 3. The van der Waals surface area contributed by atoms with Crippen LogP contribution in [-0.4, -0.2) is 97.6 Å². The van der Waals surface area contributed by atoms with Gasteiger partial charge < -0.3 is 47.7 Å². The molecular weight excluding hydrogens is 839 g/mol. The number of benzene rings is 5. The lowest BCUT2D eigenvalue weighted by atomic mass is 9.95. The van der Waals surface area contributed by atoms with Gasteiger partial charge in [0.25, 0.3) is 0 Å². The predicted octanol–water partition coefficient (Wildman–Crippen LogP) is 6.89. The second-order valence-electron chi connectivity index (χ2n) is 15.2. The average Bonchev–Trinajstić information content (AvgIpc) is 3.34. The molecule has 338 valence electrons. The van der Waals surface area contributed by atoms with Crippen molar-refractivity contribution in [3.63, 3.8) is 0 Å². The van der Waals surface area contributed by atoms with E-state index >= 15 is 0 Å². The van der Waals surface area contributed by atoms with E-state index in [1.54, 1.807) is 60.7 Å². The van der Waals surface area contributed by atoms with E-state index in [0.29, 0.717) is 5.56 Å². The van der Waals surface area contributed by atoms with Gasteiger partial charge in [0.15, 0.2) is 18.7 Å². The minimum absolute atomic E-state index is 0.0333. The minimum Gasteiger partial charge on any atom is -0.463 e. The summed E-state index contributed by atoms with van der Waals surface area (Å²) in [6, 6.07) is 43.0. The monoisotopic (exact) mass is 887 g/mol. The van der Waals surface area contributed by atoms with E-state index in [-0.39, 0.29) is 32.0 Å². The molecule has 0 aromatic heterocycles. The first kappa shape index (κ1) is 46.5. The molecule has 0 bridgehead atoms. The zero-order valence-electron chi connectivity index (χ0n) is 35.4. The number of carbonyl (C=O) groups excluding carboxylic acids is 3. The number of carbonyl (C=O) groups is 3. The second kappa shape index (κ2) is 23.5. The maximum Gasteiger partial charge on any atom is 0.338 e. The molecule has 2 aliphatic rings. The van der Waals surface area contributed by atoms with Crippen molar-refractivity contribution in [2.24, 2.45) is 5.11 Å². The molecule has 0 amide bonds. The summed E-state index contributed by atoms with van der Waals surface area (Å²) < 4.78 is 56.4. The van der Waals surface area contributed by atoms with E-state index in [0.717, 1.165) is 16.7 Å². The molecule has 2 saturated heterocycles. The highest BCUT2D eigenvalue weighted by Gasteiger charge is 2.54. The Hall–Kier alpha value is -6.46. The van der Waals surface area contributed by atoms with Gasteiger partial charge in [0.05, 0.1) is 30.9 Å². The van der Waals surface area contributed by atoms with Crippen molar-refractivity contribution >= 4 is 17.9 Å². The lowest BCUT2D eigenvalue weighted by Gasteiger charge is -2.48. The van der Waals surface area contributed by atoms with Crippen LogP contribution < -0.4 is 0 Å². The fourth-order valence-corrected chi connectivity index (χ4v) is 7.46. The number of aliphatic hydroxyl groups excluding tert-OH is 1. The Morgan fingerprint density at radius 2 is 1.02 bits per heavy atom. The Labute approximate surface area is 375 Å². The molecule has 5 aromatic rings. The molecule has 2 heterocycles. The van der Waals surface area contributed by atoms with Crippen LogP contribution in [0.2, 0.25) is 0 Å². The summed E-state index contributed by atoms with van der Waals surface area (Å²) >= 11 is 0. The van der Waals surface area contributed by atoms with Crippen molar-refractivity contribution in [3.05, 3.63) is 190 Å².